The molecule has 17 heavy (non-hydrogen) atoms. The lowest BCUT2D eigenvalue weighted by Gasteiger charge is -2.28. The van der Waals surface area contributed by atoms with Gasteiger partial charge in [-0.3, -0.25) is 4.90 Å². The highest BCUT2D eigenvalue weighted by Crippen LogP contribution is 2.18. The molecular formula is C15H23NO. The van der Waals surface area contributed by atoms with Crippen molar-refractivity contribution in [2.75, 3.05) is 13.1 Å². The quantitative estimate of drug-likeness (QED) is 0.790. The maximum absolute atomic E-state index is 9.21. The summed E-state index contributed by atoms with van der Waals surface area (Å²) in [7, 11) is 0. The molecule has 0 amide bonds. The topological polar surface area (TPSA) is 23.5 Å². The van der Waals surface area contributed by atoms with Crippen LogP contribution >= 0.6 is 0 Å². The van der Waals surface area contributed by atoms with E-state index in [2.05, 4.69) is 29.2 Å². The van der Waals surface area contributed by atoms with Crippen LogP contribution in [0.4, 0.5) is 0 Å². The number of hydrogen-bond donors (Lipinski definition) is 1. The number of benzene rings is 1. The first-order valence-electron chi connectivity index (χ1n) is 6.73. The van der Waals surface area contributed by atoms with Crippen LogP contribution in [-0.2, 0) is 13.0 Å². The van der Waals surface area contributed by atoms with Gasteiger partial charge in [0.25, 0.3) is 0 Å². The van der Waals surface area contributed by atoms with Crippen molar-refractivity contribution in [1.82, 2.24) is 4.90 Å². The summed E-state index contributed by atoms with van der Waals surface area (Å²) in [6, 6.07) is 8.77. The van der Waals surface area contributed by atoms with Crippen LogP contribution in [-0.4, -0.2) is 29.2 Å². The van der Waals surface area contributed by atoms with E-state index in [-0.39, 0.29) is 6.10 Å². The Morgan fingerprint density at radius 2 is 2.00 bits per heavy atom. The average molecular weight is 233 g/mol. The molecule has 1 aliphatic heterocycles. The molecule has 0 radical (unpaired) electrons. The van der Waals surface area contributed by atoms with Gasteiger partial charge in [-0.1, -0.05) is 24.3 Å². The fraction of sp³-hybridized carbons (Fsp3) is 0.600. The SMILES string of the molecule is CC(O)CCCCN1CCc2ccccc2C1. The summed E-state index contributed by atoms with van der Waals surface area (Å²) in [5, 5.41) is 9.21. The molecule has 2 nitrogen and oxygen atoms in total. The van der Waals surface area contributed by atoms with E-state index in [4.69, 9.17) is 0 Å². The van der Waals surface area contributed by atoms with Gasteiger partial charge in [0.15, 0.2) is 0 Å². The zero-order valence-corrected chi connectivity index (χ0v) is 10.7. The highest BCUT2D eigenvalue weighted by Gasteiger charge is 2.14. The van der Waals surface area contributed by atoms with E-state index in [1.165, 1.54) is 37.1 Å². The fourth-order valence-corrected chi connectivity index (χ4v) is 2.52. The van der Waals surface area contributed by atoms with Crippen molar-refractivity contribution >= 4 is 0 Å². The minimum atomic E-state index is -0.142. The first-order chi connectivity index (χ1) is 8.25. The average Bonchev–Trinajstić information content (AvgIpc) is 2.34. The second-order valence-electron chi connectivity index (χ2n) is 5.14. The van der Waals surface area contributed by atoms with Crippen LogP contribution in [0.2, 0.25) is 0 Å². The minimum absolute atomic E-state index is 0.142. The van der Waals surface area contributed by atoms with E-state index in [1.54, 1.807) is 0 Å². The summed E-state index contributed by atoms with van der Waals surface area (Å²) >= 11 is 0. The molecule has 0 spiro atoms. The van der Waals surface area contributed by atoms with Gasteiger partial charge in [0.2, 0.25) is 0 Å². The van der Waals surface area contributed by atoms with Crippen molar-refractivity contribution in [1.29, 1.82) is 0 Å². The van der Waals surface area contributed by atoms with Gasteiger partial charge in [-0.15, -0.1) is 0 Å². The summed E-state index contributed by atoms with van der Waals surface area (Å²) in [5.74, 6) is 0. The molecule has 0 aliphatic carbocycles. The number of aliphatic hydroxyl groups excluding tert-OH is 1. The lowest BCUT2D eigenvalue weighted by atomic mass is 10.00. The van der Waals surface area contributed by atoms with Crippen LogP contribution in [0, 0.1) is 0 Å². The highest BCUT2D eigenvalue weighted by molar-refractivity contribution is 5.28. The van der Waals surface area contributed by atoms with E-state index in [0.29, 0.717) is 0 Å². The Morgan fingerprint density at radius 3 is 2.76 bits per heavy atom. The maximum atomic E-state index is 9.21. The molecule has 0 bridgehead atoms. The monoisotopic (exact) mass is 233 g/mol. The van der Waals surface area contributed by atoms with E-state index < -0.39 is 0 Å². The lowest BCUT2D eigenvalue weighted by Crippen LogP contribution is -2.31. The molecule has 2 heteroatoms. The summed E-state index contributed by atoms with van der Waals surface area (Å²) < 4.78 is 0. The van der Waals surface area contributed by atoms with Crippen LogP contribution < -0.4 is 0 Å². The Balaban J connectivity index is 1.75. The van der Waals surface area contributed by atoms with Crippen LogP contribution in [0.15, 0.2) is 24.3 Å². The predicted octanol–water partition coefficient (Wildman–Crippen LogP) is 2.60. The number of unbranched alkanes of at least 4 members (excludes halogenated alkanes) is 1. The van der Waals surface area contributed by atoms with Crippen molar-refractivity contribution in [3.8, 4) is 0 Å². The van der Waals surface area contributed by atoms with Crippen molar-refractivity contribution in [2.24, 2.45) is 0 Å². The van der Waals surface area contributed by atoms with Gasteiger partial charge in [-0.05, 0) is 50.3 Å². The molecule has 1 aliphatic rings. The number of nitrogens with zero attached hydrogens (tertiary/aromatic N) is 1. The Bertz CT molecular complexity index is 349. The Kier molecular flexibility index (Phi) is 4.57. The van der Waals surface area contributed by atoms with Gasteiger partial charge in [0.05, 0.1) is 6.10 Å². The van der Waals surface area contributed by atoms with Crippen molar-refractivity contribution < 1.29 is 5.11 Å². The van der Waals surface area contributed by atoms with Gasteiger partial charge >= 0.3 is 0 Å². The first kappa shape index (κ1) is 12.6. The highest BCUT2D eigenvalue weighted by atomic mass is 16.3. The van der Waals surface area contributed by atoms with E-state index in [9.17, 15) is 5.11 Å². The molecule has 0 saturated carbocycles. The minimum Gasteiger partial charge on any atom is -0.393 e. The third-order valence-electron chi connectivity index (χ3n) is 3.56. The third-order valence-corrected chi connectivity index (χ3v) is 3.56. The number of hydrogen-bond acceptors (Lipinski definition) is 2. The van der Waals surface area contributed by atoms with Gasteiger partial charge in [-0.25, -0.2) is 0 Å². The van der Waals surface area contributed by atoms with Crippen LogP contribution in [0.3, 0.4) is 0 Å². The second kappa shape index (κ2) is 6.18. The molecule has 2 rings (SSSR count). The fourth-order valence-electron chi connectivity index (χ4n) is 2.52. The molecule has 0 saturated heterocycles. The molecule has 1 heterocycles. The predicted molar refractivity (Wildman–Crippen MR) is 71.0 cm³/mol. The Labute approximate surface area is 104 Å². The second-order valence-corrected chi connectivity index (χ2v) is 5.14. The van der Waals surface area contributed by atoms with E-state index in [0.717, 1.165) is 19.4 Å². The molecule has 0 fully saturated rings. The van der Waals surface area contributed by atoms with Gasteiger partial charge < -0.3 is 5.11 Å². The van der Waals surface area contributed by atoms with Crippen molar-refractivity contribution in [3.63, 3.8) is 0 Å². The third kappa shape index (κ3) is 3.83. The molecule has 1 unspecified atom stereocenters. The Morgan fingerprint density at radius 1 is 1.24 bits per heavy atom. The molecule has 1 aromatic rings. The molecule has 1 N–H and O–H groups in total. The number of rotatable bonds is 5. The van der Waals surface area contributed by atoms with Gasteiger partial charge in [0.1, 0.15) is 0 Å². The summed E-state index contributed by atoms with van der Waals surface area (Å²) in [6.07, 6.45) is 4.32. The zero-order valence-electron chi connectivity index (χ0n) is 10.7. The maximum Gasteiger partial charge on any atom is 0.0512 e. The lowest BCUT2D eigenvalue weighted by molar-refractivity contribution is 0.175. The molecule has 0 aromatic heterocycles. The summed E-state index contributed by atoms with van der Waals surface area (Å²) in [5.41, 5.74) is 3.02. The van der Waals surface area contributed by atoms with Gasteiger partial charge in [0, 0.05) is 13.1 Å². The zero-order chi connectivity index (χ0) is 12.1. The molecule has 1 atom stereocenters. The van der Waals surface area contributed by atoms with Crippen LogP contribution in [0.5, 0.6) is 0 Å². The molecule has 94 valence electrons. The molecule has 1 aromatic carbocycles. The first-order valence-corrected chi connectivity index (χ1v) is 6.73. The summed E-state index contributed by atoms with van der Waals surface area (Å²) in [4.78, 5) is 2.53. The van der Waals surface area contributed by atoms with Gasteiger partial charge in [-0.2, -0.15) is 0 Å². The largest absolute Gasteiger partial charge is 0.393 e. The van der Waals surface area contributed by atoms with E-state index >= 15 is 0 Å². The normalized spacial score (nSPS) is 17.8. The molecular weight excluding hydrogens is 210 g/mol. The number of aliphatic hydroxyl groups is 1. The van der Waals surface area contributed by atoms with Crippen molar-refractivity contribution in [3.05, 3.63) is 35.4 Å². The van der Waals surface area contributed by atoms with Crippen LogP contribution in [0.1, 0.15) is 37.3 Å². The standard InChI is InChI=1S/C15H23NO/c1-13(17)6-4-5-10-16-11-9-14-7-2-3-8-15(14)12-16/h2-3,7-8,13,17H,4-6,9-12H2,1H3. The Hall–Kier alpha value is -0.860. The smallest absolute Gasteiger partial charge is 0.0512 e. The van der Waals surface area contributed by atoms with E-state index in [1.807, 2.05) is 6.92 Å². The van der Waals surface area contributed by atoms with Crippen LogP contribution in [0.25, 0.3) is 0 Å². The van der Waals surface area contributed by atoms with Crippen molar-refractivity contribution in [2.45, 2.75) is 45.3 Å². The number of fused-ring (bicyclic) bond motifs is 1. The summed E-state index contributed by atoms with van der Waals surface area (Å²) in [6.45, 7) is 5.33.